The second-order valence-electron chi connectivity index (χ2n) is 8.00. The lowest BCUT2D eigenvalue weighted by Gasteiger charge is -2.13. The standard InChI is InChI=1S/C26H31NO5/c1-31-26(30)20-14-16-21(17-15-20)32-19-11-7-5-3-2-4-6-10-18-27-24(28)22-12-8-9-13-23(22)25(27)29/h8-9,12-17H,2-7,10-11,18-19H2,1H3. The lowest BCUT2D eigenvalue weighted by atomic mass is 10.1. The van der Waals surface area contributed by atoms with Crippen LogP contribution in [0.4, 0.5) is 0 Å². The van der Waals surface area contributed by atoms with E-state index in [-0.39, 0.29) is 17.8 Å². The zero-order chi connectivity index (χ0) is 22.8. The molecule has 2 amide bonds. The van der Waals surface area contributed by atoms with Crippen LogP contribution < -0.4 is 4.74 Å². The summed E-state index contributed by atoms with van der Waals surface area (Å²) in [5, 5.41) is 0. The number of hydrogen-bond donors (Lipinski definition) is 0. The molecular weight excluding hydrogens is 406 g/mol. The molecule has 0 saturated heterocycles. The fraction of sp³-hybridized carbons (Fsp3) is 0.423. The summed E-state index contributed by atoms with van der Waals surface area (Å²) in [4.78, 5) is 37.4. The summed E-state index contributed by atoms with van der Waals surface area (Å²) in [5.41, 5.74) is 1.57. The molecule has 0 spiro atoms. The molecule has 170 valence electrons. The van der Waals surface area contributed by atoms with Crippen molar-refractivity contribution < 1.29 is 23.9 Å². The third-order valence-corrected chi connectivity index (χ3v) is 5.70. The Morgan fingerprint density at radius 1 is 0.750 bits per heavy atom. The number of amides is 2. The number of carbonyl (C=O) groups excluding carboxylic acids is 3. The lowest BCUT2D eigenvalue weighted by Crippen LogP contribution is -2.30. The van der Waals surface area contributed by atoms with E-state index in [0.717, 1.165) is 44.3 Å². The predicted octanol–water partition coefficient (Wildman–Crippen LogP) is 5.27. The average Bonchev–Trinajstić information content (AvgIpc) is 3.07. The largest absolute Gasteiger partial charge is 0.494 e. The van der Waals surface area contributed by atoms with E-state index in [1.807, 2.05) is 0 Å². The van der Waals surface area contributed by atoms with Crippen LogP contribution in [0, 0.1) is 0 Å². The SMILES string of the molecule is COC(=O)c1ccc(OCCCCCCCCCCN2C(=O)c3ccccc3C2=O)cc1. The van der Waals surface area contributed by atoms with Gasteiger partial charge in [-0.2, -0.15) is 0 Å². The number of carbonyl (C=O) groups is 3. The van der Waals surface area contributed by atoms with E-state index in [4.69, 9.17) is 4.74 Å². The summed E-state index contributed by atoms with van der Waals surface area (Å²) < 4.78 is 10.4. The highest BCUT2D eigenvalue weighted by Gasteiger charge is 2.34. The lowest BCUT2D eigenvalue weighted by molar-refractivity contribution is 0.0598. The van der Waals surface area contributed by atoms with E-state index in [2.05, 4.69) is 4.74 Å². The first-order chi connectivity index (χ1) is 15.6. The molecule has 3 rings (SSSR count). The van der Waals surface area contributed by atoms with Crippen molar-refractivity contribution in [1.29, 1.82) is 0 Å². The fourth-order valence-electron chi connectivity index (χ4n) is 3.87. The second-order valence-corrected chi connectivity index (χ2v) is 8.00. The highest BCUT2D eigenvalue weighted by Crippen LogP contribution is 2.23. The molecule has 0 bridgehead atoms. The maximum absolute atomic E-state index is 12.3. The molecular formula is C26H31NO5. The van der Waals surface area contributed by atoms with Crippen LogP contribution in [0.1, 0.15) is 82.4 Å². The van der Waals surface area contributed by atoms with E-state index in [0.29, 0.717) is 29.8 Å². The quantitative estimate of drug-likeness (QED) is 0.242. The molecule has 0 fully saturated rings. The van der Waals surface area contributed by atoms with Crippen LogP contribution >= 0.6 is 0 Å². The van der Waals surface area contributed by atoms with Crippen molar-refractivity contribution in [2.45, 2.75) is 51.4 Å². The van der Waals surface area contributed by atoms with Gasteiger partial charge in [0.05, 0.1) is 30.4 Å². The van der Waals surface area contributed by atoms with E-state index in [1.165, 1.54) is 24.9 Å². The number of methoxy groups -OCH3 is 1. The molecule has 1 heterocycles. The fourth-order valence-corrected chi connectivity index (χ4v) is 3.87. The first kappa shape index (κ1) is 23.5. The number of rotatable bonds is 13. The van der Waals surface area contributed by atoms with Crippen LogP contribution in [0.25, 0.3) is 0 Å². The average molecular weight is 438 g/mol. The predicted molar refractivity (Wildman–Crippen MR) is 122 cm³/mol. The van der Waals surface area contributed by atoms with E-state index in [1.54, 1.807) is 48.5 Å². The van der Waals surface area contributed by atoms with Crippen LogP contribution in [0.2, 0.25) is 0 Å². The van der Waals surface area contributed by atoms with Crippen molar-refractivity contribution in [3.05, 3.63) is 65.2 Å². The summed E-state index contributed by atoms with van der Waals surface area (Å²) >= 11 is 0. The van der Waals surface area contributed by atoms with Gasteiger partial charge >= 0.3 is 5.97 Å². The molecule has 32 heavy (non-hydrogen) atoms. The van der Waals surface area contributed by atoms with Crippen molar-refractivity contribution in [3.8, 4) is 5.75 Å². The highest BCUT2D eigenvalue weighted by atomic mass is 16.5. The molecule has 1 aliphatic rings. The molecule has 0 atom stereocenters. The third-order valence-electron chi connectivity index (χ3n) is 5.70. The Labute approximate surface area is 189 Å². The molecule has 0 radical (unpaired) electrons. The molecule has 6 nitrogen and oxygen atoms in total. The number of imide groups is 1. The Morgan fingerprint density at radius 2 is 1.28 bits per heavy atom. The van der Waals surface area contributed by atoms with Gasteiger partial charge < -0.3 is 9.47 Å². The minimum absolute atomic E-state index is 0.160. The van der Waals surface area contributed by atoms with Crippen LogP contribution in [0.3, 0.4) is 0 Å². The first-order valence-corrected chi connectivity index (χ1v) is 11.4. The Kier molecular flexibility index (Phi) is 8.84. The van der Waals surface area contributed by atoms with E-state index >= 15 is 0 Å². The minimum Gasteiger partial charge on any atom is -0.494 e. The van der Waals surface area contributed by atoms with Crippen LogP contribution in [-0.4, -0.2) is 42.9 Å². The molecule has 0 saturated carbocycles. The summed E-state index contributed by atoms with van der Waals surface area (Å²) in [6, 6.07) is 14.0. The van der Waals surface area contributed by atoms with Gasteiger partial charge in [-0.15, -0.1) is 0 Å². The Bertz CT molecular complexity index is 887. The smallest absolute Gasteiger partial charge is 0.337 e. The van der Waals surface area contributed by atoms with Gasteiger partial charge in [0.2, 0.25) is 0 Å². The molecule has 6 heteroatoms. The maximum atomic E-state index is 12.3. The van der Waals surface area contributed by atoms with Gasteiger partial charge in [-0.05, 0) is 49.2 Å². The molecule has 0 N–H and O–H groups in total. The Balaban J connectivity index is 1.18. The topological polar surface area (TPSA) is 72.9 Å². The van der Waals surface area contributed by atoms with Gasteiger partial charge in [-0.1, -0.05) is 50.7 Å². The molecule has 0 aromatic heterocycles. The summed E-state index contributed by atoms with van der Waals surface area (Å²) in [7, 11) is 1.37. The molecule has 0 unspecified atom stereocenters. The third kappa shape index (κ3) is 6.19. The van der Waals surface area contributed by atoms with Gasteiger partial charge in [0.25, 0.3) is 11.8 Å². The number of ether oxygens (including phenoxy) is 2. The Hall–Kier alpha value is -3.15. The van der Waals surface area contributed by atoms with E-state index < -0.39 is 0 Å². The number of hydrogen-bond acceptors (Lipinski definition) is 5. The second kappa shape index (κ2) is 12.0. The summed E-state index contributed by atoms with van der Waals surface area (Å²) in [5.74, 6) is 0.0929. The van der Waals surface area contributed by atoms with Gasteiger partial charge in [-0.25, -0.2) is 4.79 Å². The minimum atomic E-state index is -0.347. The van der Waals surface area contributed by atoms with Gasteiger partial charge in [0.1, 0.15) is 5.75 Å². The zero-order valence-electron chi connectivity index (χ0n) is 18.7. The van der Waals surface area contributed by atoms with Crippen LogP contribution in [0.15, 0.2) is 48.5 Å². The summed E-state index contributed by atoms with van der Waals surface area (Å²) in [6.07, 6.45) is 8.63. The number of nitrogens with zero attached hydrogens (tertiary/aromatic N) is 1. The molecule has 2 aromatic rings. The Morgan fingerprint density at radius 3 is 1.84 bits per heavy atom. The monoisotopic (exact) mass is 437 g/mol. The number of esters is 1. The van der Waals surface area contributed by atoms with Crippen LogP contribution in [-0.2, 0) is 4.74 Å². The van der Waals surface area contributed by atoms with Crippen LogP contribution in [0.5, 0.6) is 5.75 Å². The van der Waals surface area contributed by atoms with Crippen molar-refractivity contribution in [1.82, 2.24) is 4.90 Å². The zero-order valence-corrected chi connectivity index (χ0v) is 18.7. The van der Waals surface area contributed by atoms with Crippen molar-refractivity contribution in [3.63, 3.8) is 0 Å². The number of benzene rings is 2. The van der Waals surface area contributed by atoms with Gasteiger partial charge in [0, 0.05) is 6.54 Å². The van der Waals surface area contributed by atoms with Crippen molar-refractivity contribution in [2.75, 3.05) is 20.3 Å². The molecule has 1 aliphatic heterocycles. The highest BCUT2D eigenvalue weighted by molar-refractivity contribution is 6.21. The van der Waals surface area contributed by atoms with E-state index in [9.17, 15) is 14.4 Å². The summed E-state index contributed by atoms with van der Waals surface area (Å²) in [6.45, 7) is 1.17. The van der Waals surface area contributed by atoms with Gasteiger partial charge in [-0.3, -0.25) is 14.5 Å². The van der Waals surface area contributed by atoms with Crippen molar-refractivity contribution >= 4 is 17.8 Å². The van der Waals surface area contributed by atoms with Crippen molar-refractivity contribution in [2.24, 2.45) is 0 Å². The van der Waals surface area contributed by atoms with Gasteiger partial charge in [0.15, 0.2) is 0 Å². The normalized spacial score (nSPS) is 12.7. The molecule has 2 aromatic carbocycles. The first-order valence-electron chi connectivity index (χ1n) is 11.4. The molecule has 0 aliphatic carbocycles. The maximum Gasteiger partial charge on any atom is 0.337 e. The number of unbranched alkanes of at least 4 members (excludes halogenated alkanes) is 7. The number of fused-ring (bicyclic) bond motifs is 1.